The van der Waals surface area contributed by atoms with Gasteiger partial charge >= 0.3 is 7.12 Å². The van der Waals surface area contributed by atoms with Crippen molar-refractivity contribution in [3.05, 3.63) is 47.3 Å². The van der Waals surface area contributed by atoms with Gasteiger partial charge in [-0.15, -0.1) is 5.10 Å². The Hall–Kier alpha value is -3.37. The zero-order valence-electron chi connectivity index (χ0n) is 26.3. The SMILES string of the molecule is CCCNCCC[C@@H]1NC(=O)[C@H](CCCCN)NCn2cc(nn2)Cc2cccc(c2)C(=O)NCCCC[C@@H](B(O)O)NC1=O. The summed E-state index contributed by atoms with van der Waals surface area (Å²) in [6, 6.07) is 5.83. The van der Waals surface area contributed by atoms with Crippen molar-refractivity contribution in [3.63, 3.8) is 0 Å². The lowest BCUT2D eigenvalue weighted by Crippen LogP contribution is -2.56. The van der Waals surface area contributed by atoms with Gasteiger partial charge in [-0.05, 0) is 82.3 Å². The first-order valence-electron chi connectivity index (χ1n) is 16.2. The zero-order valence-corrected chi connectivity index (χ0v) is 26.3. The molecule has 9 N–H and O–H groups in total. The molecule has 3 amide bonds. The fourth-order valence-electron chi connectivity index (χ4n) is 5.20. The van der Waals surface area contributed by atoms with Crippen LogP contribution in [-0.4, -0.2) is 94.1 Å². The van der Waals surface area contributed by atoms with E-state index in [9.17, 15) is 24.4 Å². The highest BCUT2D eigenvalue weighted by molar-refractivity contribution is 6.43. The van der Waals surface area contributed by atoms with Gasteiger partial charge in [0, 0.05) is 18.5 Å². The Bertz CT molecular complexity index is 1200. The molecule has 0 saturated heterocycles. The maximum absolute atomic E-state index is 13.6. The second-order valence-electron chi connectivity index (χ2n) is 11.6. The standard InChI is InChI=1S/C30H50BN9O5/c1-2-15-33-16-8-12-26-30(43)37-27(31(44)45)13-4-6-17-34-28(41)23-10-7-9-22(18-23)19-24-20-40(39-38-24)21-35-25(29(42)36-26)11-3-5-14-32/h7,9-10,18,20,25-27,33,35,44-45H,2-6,8,11-17,19,21,32H2,1H3,(H,34,41)(H,36,42)(H,37,43)/t25-,26-,27-/m0/s1. The van der Waals surface area contributed by atoms with Crippen LogP contribution in [0.1, 0.15) is 86.3 Å². The highest BCUT2D eigenvalue weighted by atomic mass is 16.4. The van der Waals surface area contributed by atoms with Crippen LogP contribution in [-0.2, 0) is 22.7 Å². The summed E-state index contributed by atoms with van der Waals surface area (Å²) in [5, 5.41) is 43.6. The molecule has 3 atom stereocenters. The molecule has 248 valence electrons. The third kappa shape index (κ3) is 12.9. The normalized spacial score (nSPS) is 20.7. The first kappa shape index (κ1) is 36.1. The fourth-order valence-corrected chi connectivity index (χ4v) is 5.20. The summed E-state index contributed by atoms with van der Waals surface area (Å²) in [4.78, 5) is 39.8. The van der Waals surface area contributed by atoms with E-state index in [1.807, 2.05) is 18.2 Å². The van der Waals surface area contributed by atoms with Crippen molar-refractivity contribution in [3.8, 4) is 0 Å². The summed E-state index contributed by atoms with van der Waals surface area (Å²) in [5.41, 5.74) is 7.86. The van der Waals surface area contributed by atoms with Gasteiger partial charge in [0.2, 0.25) is 11.8 Å². The van der Waals surface area contributed by atoms with Crippen molar-refractivity contribution < 1.29 is 24.4 Å². The lowest BCUT2D eigenvalue weighted by atomic mass is 9.76. The Morgan fingerprint density at radius 1 is 1.04 bits per heavy atom. The van der Waals surface area contributed by atoms with E-state index in [-0.39, 0.29) is 24.9 Å². The Balaban J connectivity index is 1.82. The molecule has 14 nitrogen and oxygen atoms in total. The number of aromatic nitrogens is 3. The molecule has 4 bridgehead atoms. The van der Waals surface area contributed by atoms with Crippen molar-refractivity contribution in [2.45, 2.75) is 95.8 Å². The molecule has 45 heavy (non-hydrogen) atoms. The molecule has 2 heterocycles. The van der Waals surface area contributed by atoms with Crippen LogP contribution in [0.2, 0.25) is 0 Å². The van der Waals surface area contributed by atoms with Crippen LogP contribution in [0.4, 0.5) is 0 Å². The van der Waals surface area contributed by atoms with Crippen LogP contribution in [0.3, 0.4) is 0 Å². The molecule has 15 heteroatoms. The van der Waals surface area contributed by atoms with Crippen LogP contribution in [0.15, 0.2) is 30.5 Å². The molecule has 1 aromatic carbocycles. The number of unbranched alkanes of at least 4 members (excludes halogenated alkanes) is 1. The maximum Gasteiger partial charge on any atom is 0.475 e. The number of carbonyl (C=O) groups excluding carboxylic acids is 3. The van der Waals surface area contributed by atoms with Gasteiger partial charge in [0.05, 0.1) is 30.5 Å². The first-order chi connectivity index (χ1) is 21.8. The summed E-state index contributed by atoms with van der Waals surface area (Å²) >= 11 is 0. The number of hydrogen-bond donors (Lipinski definition) is 8. The Labute approximate surface area is 265 Å². The van der Waals surface area contributed by atoms with Crippen molar-refractivity contribution in [2.24, 2.45) is 5.73 Å². The van der Waals surface area contributed by atoms with E-state index >= 15 is 0 Å². The van der Waals surface area contributed by atoms with Crippen molar-refractivity contribution in [1.29, 1.82) is 0 Å². The number of benzene rings is 1. The molecule has 0 saturated carbocycles. The number of nitrogens with two attached hydrogens (primary N) is 1. The predicted molar refractivity (Wildman–Crippen MR) is 172 cm³/mol. The third-order valence-corrected chi connectivity index (χ3v) is 7.74. The molecule has 0 radical (unpaired) electrons. The molecule has 1 aliphatic heterocycles. The van der Waals surface area contributed by atoms with Gasteiger partial charge < -0.3 is 37.0 Å². The smallest absolute Gasteiger partial charge is 0.426 e. The van der Waals surface area contributed by atoms with Crippen LogP contribution >= 0.6 is 0 Å². The number of fused-ring (bicyclic) bond motifs is 4. The lowest BCUT2D eigenvalue weighted by Gasteiger charge is -2.25. The van der Waals surface area contributed by atoms with Crippen LogP contribution < -0.4 is 32.3 Å². The van der Waals surface area contributed by atoms with E-state index < -0.39 is 31.1 Å². The molecule has 0 unspecified atom stereocenters. The van der Waals surface area contributed by atoms with Gasteiger partial charge in [-0.2, -0.15) is 0 Å². The minimum Gasteiger partial charge on any atom is -0.426 e. The minimum atomic E-state index is -1.78. The van der Waals surface area contributed by atoms with Crippen LogP contribution in [0.25, 0.3) is 0 Å². The quantitative estimate of drug-likeness (QED) is 0.119. The average molecular weight is 628 g/mol. The molecule has 1 aliphatic rings. The van der Waals surface area contributed by atoms with Gasteiger partial charge in [0.15, 0.2) is 0 Å². The highest BCUT2D eigenvalue weighted by Gasteiger charge is 2.30. The molecular formula is C30H50BN9O5. The van der Waals surface area contributed by atoms with Crippen molar-refractivity contribution in [1.82, 2.24) is 41.6 Å². The average Bonchev–Trinajstić information content (AvgIpc) is 3.47. The van der Waals surface area contributed by atoms with Gasteiger partial charge in [-0.25, -0.2) is 4.68 Å². The maximum atomic E-state index is 13.6. The van der Waals surface area contributed by atoms with E-state index in [2.05, 4.69) is 43.8 Å². The third-order valence-electron chi connectivity index (χ3n) is 7.74. The van der Waals surface area contributed by atoms with Crippen LogP contribution in [0, 0.1) is 0 Å². The predicted octanol–water partition coefficient (Wildman–Crippen LogP) is -0.411. The number of nitrogens with zero attached hydrogens (tertiary/aromatic N) is 3. The van der Waals surface area contributed by atoms with Crippen LogP contribution in [0.5, 0.6) is 0 Å². The number of rotatable bonds is 11. The zero-order chi connectivity index (χ0) is 32.4. The Kier molecular flexibility index (Phi) is 16.0. The second-order valence-corrected chi connectivity index (χ2v) is 11.6. The summed E-state index contributed by atoms with van der Waals surface area (Å²) < 4.78 is 1.61. The van der Waals surface area contributed by atoms with Crippen molar-refractivity contribution in [2.75, 3.05) is 26.2 Å². The number of nitrogens with one attached hydrogen (secondary N) is 5. The summed E-state index contributed by atoms with van der Waals surface area (Å²) in [6.07, 6.45) is 7.63. The molecule has 0 fully saturated rings. The van der Waals surface area contributed by atoms with Gasteiger partial charge in [0.25, 0.3) is 5.91 Å². The van der Waals surface area contributed by atoms with Gasteiger partial charge in [-0.3, -0.25) is 19.7 Å². The second kappa shape index (κ2) is 19.9. The molecule has 2 aromatic rings. The highest BCUT2D eigenvalue weighted by Crippen LogP contribution is 2.11. The lowest BCUT2D eigenvalue weighted by molar-refractivity contribution is -0.130. The largest absolute Gasteiger partial charge is 0.475 e. The molecular weight excluding hydrogens is 577 g/mol. The van der Waals surface area contributed by atoms with Crippen molar-refractivity contribution >= 4 is 24.8 Å². The topological polar surface area (TPSA) is 209 Å². The monoisotopic (exact) mass is 627 g/mol. The van der Waals surface area contributed by atoms with Gasteiger partial charge in [0.1, 0.15) is 6.04 Å². The van der Waals surface area contributed by atoms with E-state index in [0.29, 0.717) is 70.1 Å². The Morgan fingerprint density at radius 2 is 1.84 bits per heavy atom. The first-order valence-corrected chi connectivity index (χ1v) is 16.2. The van der Waals surface area contributed by atoms with E-state index in [1.165, 1.54) is 0 Å². The Morgan fingerprint density at radius 3 is 2.62 bits per heavy atom. The number of hydrogen-bond acceptors (Lipinski definition) is 10. The van der Waals surface area contributed by atoms with E-state index in [0.717, 1.165) is 30.6 Å². The molecule has 1 aromatic heterocycles. The van der Waals surface area contributed by atoms with Gasteiger partial charge in [-0.1, -0.05) is 37.1 Å². The molecule has 0 aliphatic carbocycles. The molecule has 3 rings (SSSR count). The number of carbonyl (C=O) groups is 3. The summed E-state index contributed by atoms with van der Waals surface area (Å²) in [7, 11) is -1.78. The fraction of sp³-hybridized carbons (Fsp3) is 0.633. The summed E-state index contributed by atoms with van der Waals surface area (Å²) in [5.74, 6) is -1.94. The summed E-state index contributed by atoms with van der Waals surface area (Å²) in [6.45, 7) is 4.72. The van der Waals surface area contributed by atoms with E-state index in [4.69, 9.17) is 5.73 Å². The van der Waals surface area contributed by atoms with E-state index in [1.54, 1.807) is 16.9 Å². The number of amides is 3. The minimum absolute atomic E-state index is 0.202. The molecule has 0 spiro atoms.